The SMILES string of the molecule is NC(=O)[C@@H](Cc1ccc(-c2ccccc2)cc1)NC(=O)c1ccccc1Cl. The molecule has 1 atom stereocenters. The molecule has 2 amide bonds. The quantitative estimate of drug-likeness (QED) is 0.684. The number of amides is 2. The number of hydrogen-bond donors (Lipinski definition) is 2. The summed E-state index contributed by atoms with van der Waals surface area (Å²) in [7, 11) is 0. The highest BCUT2D eigenvalue weighted by molar-refractivity contribution is 6.33. The average molecular weight is 379 g/mol. The summed E-state index contributed by atoms with van der Waals surface area (Å²) in [4.78, 5) is 24.2. The first-order valence-electron chi connectivity index (χ1n) is 8.53. The minimum absolute atomic E-state index is 0.306. The number of hydrogen-bond acceptors (Lipinski definition) is 2. The molecule has 0 aliphatic carbocycles. The van der Waals surface area contributed by atoms with E-state index < -0.39 is 17.9 Å². The number of primary amides is 1. The third-order valence-electron chi connectivity index (χ3n) is 4.27. The zero-order valence-electron chi connectivity index (χ0n) is 14.6. The fraction of sp³-hybridized carbons (Fsp3) is 0.0909. The maximum absolute atomic E-state index is 12.4. The van der Waals surface area contributed by atoms with Gasteiger partial charge in [-0.2, -0.15) is 0 Å². The molecule has 3 N–H and O–H groups in total. The van der Waals surface area contributed by atoms with Crippen LogP contribution in [0.15, 0.2) is 78.9 Å². The van der Waals surface area contributed by atoms with Crippen molar-refractivity contribution in [2.75, 3.05) is 0 Å². The van der Waals surface area contributed by atoms with E-state index >= 15 is 0 Å². The van der Waals surface area contributed by atoms with Gasteiger partial charge in [-0.1, -0.05) is 78.3 Å². The van der Waals surface area contributed by atoms with Gasteiger partial charge in [0.1, 0.15) is 6.04 Å². The second-order valence-electron chi connectivity index (χ2n) is 6.18. The van der Waals surface area contributed by atoms with Crippen LogP contribution in [0.4, 0.5) is 0 Å². The molecule has 0 saturated carbocycles. The van der Waals surface area contributed by atoms with Gasteiger partial charge in [0.05, 0.1) is 10.6 Å². The molecule has 0 bridgehead atoms. The third kappa shape index (κ3) is 4.74. The molecule has 0 radical (unpaired) electrons. The summed E-state index contributed by atoms with van der Waals surface area (Å²) in [5, 5.41) is 2.99. The van der Waals surface area contributed by atoms with Crippen LogP contribution in [0, 0.1) is 0 Å². The predicted molar refractivity (Wildman–Crippen MR) is 107 cm³/mol. The van der Waals surface area contributed by atoms with Gasteiger partial charge < -0.3 is 11.1 Å². The Morgan fingerprint density at radius 2 is 1.44 bits per heavy atom. The van der Waals surface area contributed by atoms with E-state index in [0.29, 0.717) is 17.0 Å². The maximum atomic E-state index is 12.4. The lowest BCUT2D eigenvalue weighted by molar-refractivity contribution is -0.119. The van der Waals surface area contributed by atoms with E-state index in [-0.39, 0.29) is 0 Å². The first-order valence-corrected chi connectivity index (χ1v) is 8.91. The van der Waals surface area contributed by atoms with Crippen LogP contribution in [0.5, 0.6) is 0 Å². The Bertz CT molecular complexity index is 940. The average Bonchev–Trinajstić information content (AvgIpc) is 2.69. The molecular weight excluding hydrogens is 360 g/mol. The number of halogens is 1. The van der Waals surface area contributed by atoms with E-state index in [2.05, 4.69) is 5.32 Å². The molecular formula is C22H19ClN2O2. The van der Waals surface area contributed by atoms with Crippen LogP contribution in [0.2, 0.25) is 5.02 Å². The predicted octanol–water partition coefficient (Wildman–Crippen LogP) is 3.83. The monoisotopic (exact) mass is 378 g/mol. The van der Waals surface area contributed by atoms with Crippen molar-refractivity contribution in [3.8, 4) is 11.1 Å². The fourth-order valence-electron chi connectivity index (χ4n) is 2.80. The highest BCUT2D eigenvalue weighted by Gasteiger charge is 2.20. The van der Waals surface area contributed by atoms with Gasteiger partial charge in [0.2, 0.25) is 5.91 Å². The van der Waals surface area contributed by atoms with Gasteiger partial charge in [0.25, 0.3) is 5.91 Å². The molecule has 27 heavy (non-hydrogen) atoms. The summed E-state index contributed by atoms with van der Waals surface area (Å²) >= 11 is 6.04. The second-order valence-corrected chi connectivity index (χ2v) is 6.58. The number of rotatable bonds is 6. The van der Waals surface area contributed by atoms with Gasteiger partial charge in [0.15, 0.2) is 0 Å². The molecule has 0 aromatic heterocycles. The molecule has 0 aliphatic heterocycles. The van der Waals surface area contributed by atoms with Crippen molar-refractivity contribution < 1.29 is 9.59 Å². The number of nitrogens with two attached hydrogens (primary N) is 1. The first-order chi connectivity index (χ1) is 13.0. The van der Waals surface area contributed by atoms with Gasteiger partial charge in [0, 0.05) is 6.42 Å². The summed E-state index contributed by atoms with van der Waals surface area (Å²) < 4.78 is 0. The molecule has 3 aromatic carbocycles. The lowest BCUT2D eigenvalue weighted by Gasteiger charge is -2.16. The normalized spacial score (nSPS) is 11.6. The molecule has 3 aromatic rings. The van der Waals surface area contributed by atoms with Crippen LogP contribution >= 0.6 is 11.6 Å². The summed E-state index contributed by atoms with van der Waals surface area (Å²) in [5.41, 5.74) is 8.89. The van der Waals surface area contributed by atoms with E-state index in [1.165, 1.54) is 0 Å². The molecule has 0 aliphatic rings. The van der Waals surface area contributed by atoms with Gasteiger partial charge in [-0.25, -0.2) is 0 Å². The zero-order chi connectivity index (χ0) is 19.2. The zero-order valence-corrected chi connectivity index (χ0v) is 15.3. The molecule has 0 fully saturated rings. The minimum atomic E-state index is -0.823. The Morgan fingerprint density at radius 3 is 2.07 bits per heavy atom. The molecule has 0 spiro atoms. The summed E-state index contributed by atoms with van der Waals surface area (Å²) in [6.07, 6.45) is 0.306. The van der Waals surface area contributed by atoms with Crippen molar-refractivity contribution in [2.24, 2.45) is 5.73 Å². The highest BCUT2D eigenvalue weighted by atomic mass is 35.5. The number of carbonyl (C=O) groups is 2. The van der Waals surface area contributed by atoms with Crippen molar-refractivity contribution in [1.82, 2.24) is 5.32 Å². The Hall–Kier alpha value is -3.11. The Kier molecular flexibility index (Phi) is 5.89. The second kappa shape index (κ2) is 8.52. The molecule has 0 heterocycles. The smallest absolute Gasteiger partial charge is 0.253 e. The summed E-state index contributed by atoms with van der Waals surface area (Å²) in [5.74, 6) is -1.02. The Labute approximate surface area is 163 Å². The van der Waals surface area contributed by atoms with E-state index in [0.717, 1.165) is 16.7 Å². The minimum Gasteiger partial charge on any atom is -0.368 e. The van der Waals surface area contributed by atoms with Gasteiger partial charge in [-0.05, 0) is 28.8 Å². The van der Waals surface area contributed by atoms with Crippen LogP contribution < -0.4 is 11.1 Å². The van der Waals surface area contributed by atoms with Crippen LogP contribution in [-0.4, -0.2) is 17.9 Å². The number of nitrogens with one attached hydrogen (secondary N) is 1. The lowest BCUT2D eigenvalue weighted by Crippen LogP contribution is -2.45. The van der Waals surface area contributed by atoms with Crippen molar-refractivity contribution in [3.05, 3.63) is 95.0 Å². The topological polar surface area (TPSA) is 72.2 Å². The van der Waals surface area contributed by atoms with Gasteiger partial charge in [-0.3, -0.25) is 9.59 Å². The standard InChI is InChI=1S/C22H19ClN2O2/c23-19-9-5-4-8-18(19)22(27)25-20(21(24)26)14-15-10-12-17(13-11-15)16-6-2-1-3-7-16/h1-13,20H,14H2,(H2,24,26)(H,25,27)/t20-/m1/s1. The molecule has 0 unspecified atom stereocenters. The van der Waals surface area contributed by atoms with E-state index in [1.54, 1.807) is 24.3 Å². The van der Waals surface area contributed by atoms with Gasteiger partial charge >= 0.3 is 0 Å². The third-order valence-corrected chi connectivity index (χ3v) is 4.60. The van der Waals surface area contributed by atoms with E-state index in [9.17, 15) is 9.59 Å². The molecule has 136 valence electrons. The first kappa shape index (κ1) is 18.7. The number of carbonyl (C=O) groups excluding carboxylic acids is 2. The van der Waals surface area contributed by atoms with Crippen LogP contribution in [0.1, 0.15) is 15.9 Å². The van der Waals surface area contributed by atoms with Crippen LogP contribution in [0.25, 0.3) is 11.1 Å². The summed E-state index contributed by atoms with van der Waals surface area (Å²) in [6, 6.07) is 23.7. The lowest BCUT2D eigenvalue weighted by atomic mass is 10.00. The van der Waals surface area contributed by atoms with Crippen LogP contribution in [0.3, 0.4) is 0 Å². The van der Waals surface area contributed by atoms with Crippen molar-refractivity contribution in [1.29, 1.82) is 0 Å². The molecule has 4 nitrogen and oxygen atoms in total. The van der Waals surface area contributed by atoms with Crippen molar-refractivity contribution >= 4 is 23.4 Å². The van der Waals surface area contributed by atoms with Gasteiger partial charge in [-0.15, -0.1) is 0 Å². The Balaban J connectivity index is 1.72. The molecule has 3 rings (SSSR count). The maximum Gasteiger partial charge on any atom is 0.253 e. The fourth-order valence-corrected chi connectivity index (χ4v) is 3.03. The molecule has 0 saturated heterocycles. The van der Waals surface area contributed by atoms with E-state index in [1.807, 2.05) is 54.6 Å². The van der Waals surface area contributed by atoms with Crippen molar-refractivity contribution in [2.45, 2.75) is 12.5 Å². The van der Waals surface area contributed by atoms with E-state index in [4.69, 9.17) is 17.3 Å². The van der Waals surface area contributed by atoms with Crippen LogP contribution in [-0.2, 0) is 11.2 Å². The summed E-state index contributed by atoms with van der Waals surface area (Å²) in [6.45, 7) is 0. The molecule has 5 heteroatoms. The number of benzene rings is 3. The highest BCUT2D eigenvalue weighted by Crippen LogP contribution is 2.20. The largest absolute Gasteiger partial charge is 0.368 e. The van der Waals surface area contributed by atoms with Crippen molar-refractivity contribution in [3.63, 3.8) is 0 Å². The Morgan fingerprint density at radius 1 is 0.852 bits per heavy atom.